The molecule has 4 nitrogen and oxygen atoms in total. The molecular formula is C13H18Cl2N4. The fourth-order valence-electron chi connectivity index (χ4n) is 2.25. The maximum absolute atomic E-state index is 6.30. The molecule has 0 saturated heterocycles. The van der Waals surface area contributed by atoms with E-state index in [1.165, 1.54) is 25.7 Å². The Bertz CT molecular complexity index is 458. The molecule has 1 aromatic heterocycles. The average molecular weight is 301 g/mol. The maximum Gasteiger partial charge on any atom is 0.161 e. The van der Waals surface area contributed by atoms with Gasteiger partial charge in [0.2, 0.25) is 0 Å². The van der Waals surface area contributed by atoms with E-state index in [1.807, 2.05) is 0 Å². The first kappa shape index (κ1) is 13.3. The molecule has 0 aliphatic heterocycles. The van der Waals surface area contributed by atoms with Gasteiger partial charge in [-0.05, 0) is 43.6 Å². The zero-order valence-electron chi connectivity index (χ0n) is 10.7. The molecule has 3 rings (SSSR count). The Morgan fingerprint density at radius 3 is 2.21 bits per heavy atom. The molecule has 0 radical (unpaired) electrons. The fourth-order valence-corrected chi connectivity index (χ4v) is 2.78. The summed E-state index contributed by atoms with van der Waals surface area (Å²) >= 11 is 12.3. The number of anilines is 2. The molecule has 1 heterocycles. The standard InChI is InChI=1S/C13H18Cl2N4/c14-10-5-11(15)13(17-12(10)18-16)19(6-8-1-2-8)7-9-3-4-9/h5,8-9H,1-4,6-7,16H2,(H,17,18). The van der Waals surface area contributed by atoms with E-state index in [0.717, 1.165) is 30.7 Å². The summed E-state index contributed by atoms with van der Waals surface area (Å²) in [6, 6.07) is 1.72. The minimum Gasteiger partial charge on any atom is -0.355 e. The van der Waals surface area contributed by atoms with E-state index in [-0.39, 0.29) is 0 Å². The zero-order chi connectivity index (χ0) is 13.4. The van der Waals surface area contributed by atoms with Crippen molar-refractivity contribution < 1.29 is 0 Å². The van der Waals surface area contributed by atoms with Crippen LogP contribution in [0.5, 0.6) is 0 Å². The largest absolute Gasteiger partial charge is 0.355 e. The predicted molar refractivity (Wildman–Crippen MR) is 79.7 cm³/mol. The van der Waals surface area contributed by atoms with Gasteiger partial charge in [-0.3, -0.25) is 0 Å². The Kier molecular flexibility index (Phi) is 3.74. The van der Waals surface area contributed by atoms with Gasteiger partial charge < -0.3 is 10.3 Å². The lowest BCUT2D eigenvalue weighted by atomic mass is 10.3. The number of aromatic nitrogens is 1. The molecule has 19 heavy (non-hydrogen) atoms. The topological polar surface area (TPSA) is 54.2 Å². The number of nitrogen functional groups attached to an aromatic ring is 1. The third kappa shape index (κ3) is 3.25. The molecule has 2 aliphatic carbocycles. The van der Waals surface area contributed by atoms with Crippen molar-refractivity contribution in [3.05, 3.63) is 16.1 Å². The van der Waals surface area contributed by atoms with Crippen LogP contribution in [0.25, 0.3) is 0 Å². The summed E-state index contributed by atoms with van der Waals surface area (Å²) in [5.74, 6) is 8.31. The SMILES string of the molecule is NNc1nc(N(CC2CC2)CC2CC2)c(Cl)cc1Cl. The quantitative estimate of drug-likeness (QED) is 0.625. The number of nitrogens with two attached hydrogens (primary N) is 1. The van der Waals surface area contributed by atoms with Gasteiger partial charge in [0, 0.05) is 13.1 Å². The van der Waals surface area contributed by atoms with Crippen molar-refractivity contribution in [3.63, 3.8) is 0 Å². The second-order valence-electron chi connectivity index (χ2n) is 5.56. The monoisotopic (exact) mass is 300 g/mol. The number of hydrogen-bond acceptors (Lipinski definition) is 4. The molecule has 2 aliphatic rings. The number of nitrogens with zero attached hydrogens (tertiary/aromatic N) is 2. The van der Waals surface area contributed by atoms with Crippen LogP contribution in [0.15, 0.2) is 6.07 Å². The number of pyridine rings is 1. The highest BCUT2D eigenvalue weighted by atomic mass is 35.5. The van der Waals surface area contributed by atoms with Crippen LogP contribution in [-0.2, 0) is 0 Å². The van der Waals surface area contributed by atoms with Crippen molar-refractivity contribution >= 4 is 34.8 Å². The van der Waals surface area contributed by atoms with Gasteiger partial charge in [-0.25, -0.2) is 10.8 Å². The van der Waals surface area contributed by atoms with Crippen LogP contribution < -0.4 is 16.2 Å². The van der Waals surface area contributed by atoms with Crippen molar-refractivity contribution in [2.75, 3.05) is 23.4 Å². The molecule has 6 heteroatoms. The summed E-state index contributed by atoms with van der Waals surface area (Å²) in [6.07, 6.45) is 5.26. The van der Waals surface area contributed by atoms with Crippen LogP contribution in [0.2, 0.25) is 10.0 Å². The maximum atomic E-state index is 6.30. The average Bonchev–Trinajstić information content (AvgIpc) is 3.24. The lowest BCUT2D eigenvalue weighted by Crippen LogP contribution is -2.29. The van der Waals surface area contributed by atoms with Crippen molar-refractivity contribution in [1.82, 2.24) is 4.98 Å². The molecule has 0 amide bonds. The molecule has 2 saturated carbocycles. The number of hydrogen-bond donors (Lipinski definition) is 2. The van der Waals surface area contributed by atoms with Crippen molar-refractivity contribution in [2.24, 2.45) is 17.7 Å². The summed E-state index contributed by atoms with van der Waals surface area (Å²) in [7, 11) is 0. The first-order chi connectivity index (χ1) is 9.17. The lowest BCUT2D eigenvalue weighted by molar-refractivity contribution is 0.672. The summed E-state index contributed by atoms with van der Waals surface area (Å²) in [6.45, 7) is 2.07. The Morgan fingerprint density at radius 1 is 1.16 bits per heavy atom. The first-order valence-electron chi connectivity index (χ1n) is 6.75. The Balaban J connectivity index is 1.85. The second kappa shape index (κ2) is 5.35. The molecule has 104 valence electrons. The lowest BCUT2D eigenvalue weighted by Gasteiger charge is -2.25. The highest BCUT2D eigenvalue weighted by molar-refractivity contribution is 6.37. The van der Waals surface area contributed by atoms with Gasteiger partial charge in [0.15, 0.2) is 5.82 Å². The van der Waals surface area contributed by atoms with E-state index in [1.54, 1.807) is 6.07 Å². The zero-order valence-corrected chi connectivity index (χ0v) is 12.2. The van der Waals surface area contributed by atoms with Gasteiger partial charge in [-0.15, -0.1) is 0 Å². The third-order valence-corrected chi connectivity index (χ3v) is 4.26. The number of nitrogens with one attached hydrogen (secondary N) is 1. The fraction of sp³-hybridized carbons (Fsp3) is 0.615. The van der Waals surface area contributed by atoms with Gasteiger partial charge in [-0.1, -0.05) is 23.2 Å². The van der Waals surface area contributed by atoms with Crippen LogP contribution in [0, 0.1) is 11.8 Å². The van der Waals surface area contributed by atoms with Crippen molar-refractivity contribution in [3.8, 4) is 0 Å². The van der Waals surface area contributed by atoms with Crippen LogP contribution in [0.3, 0.4) is 0 Å². The second-order valence-corrected chi connectivity index (χ2v) is 6.37. The normalized spacial score (nSPS) is 18.5. The molecule has 3 N–H and O–H groups in total. The molecule has 0 unspecified atom stereocenters. The van der Waals surface area contributed by atoms with E-state index >= 15 is 0 Å². The van der Waals surface area contributed by atoms with E-state index < -0.39 is 0 Å². The van der Waals surface area contributed by atoms with E-state index in [2.05, 4.69) is 15.3 Å². The summed E-state index contributed by atoms with van der Waals surface area (Å²) in [5, 5.41) is 1.05. The van der Waals surface area contributed by atoms with E-state index in [0.29, 0.717) is 15.9 Å². The summed E-state index contributed by atoms with van der Waals surface area (Å²) < 4.78 is 0. The van der Waals surface area contributed by atoms with Gasteiger partial charge >= 0.3 is 0 Å². The smallest absolute Gasteiger partial charge is 0.161 e. The third-order valence-electron chi connectivity index (χ3n) is 3.70. The Hall–Kier alpha value is -0.710. The molecule has 1 aromatic rings. The molecule has 0 bridgehead atoms. The Labute approximate surface area is 123 Å². The highest BCUT2D eigenvalue weighted by Gasteiger charge is 2.31. The minimum atomic E-state index is 0.453. The molecule has 0 aromatic carbocycles. The Morgan fingerprint density at radius 2 is 1.74 bits per heavy atom. The van der Waals surface area contributed by atoms with Crippen LogP contribution >= 0.6 is 23.2 Å². The summed E-state index contributed by atoms with van der Waals surface area (Å²) in [4.78, 5) is 6.78. The highest BCUT2D eigenvalue weighted by Crippen LogP contribution is 2.38. The molecule has 2 fully saturated rings. The number of halogens is 2. The molecular weight excluding hydrogens is 283 g/mol. The van der Waals surface area contributed by atoms with E-state index in [9.17, 15) is 0 Å². The first-order valence-corrected chi connectivity index (χ1v) is 7.50. The predicted octanol–water partition coefficient (Wildman–Crippen LogP) is 3.30. The van der Waals surface area contributed by atoms with Gasteiger partial charge in [-0.2, -0.15) is 0 Å². The number of hydrazine groups is 1. The van der Waals surface area contributed by atoms with Crippen LogP contribution in [-0.4, -0.2) is 18.1 Å². The molecule has 0 spiro atoms. The van der Waals surface area contributed by atoms with Gasteiger partial charge in [0.1, 0.15) is 5.82 Å². The minimum absolute atomic E-state index is 0.453. The van der Waals surface area contributed by atoms with Gasteiger partial charge in [0.25, 0.3) is 0 Å². The van der Waals surface area contributed by atoms with Gasteiger partial charge in [0.05, 0.1) is 10.0 Å². The molecule has 0 atom stereocenters. The van der Waals surface area contributed by atoms with Crippen molar-refractivity contribution in [2.45, 2.75) is 25.7 Å². The van der Waals surface area contributed by atoms with Crippen LogP contribution in [0.1, 0.15) is 25.7 Å². The van der Waals surface area contributed by atoms with Crippen LogP contribution in [0.4, 0.5) is 11.6 Å². The van der Waals surface area contributed by atoms with Crippen molar-refractivity contribution in [1.29, 1.82) is 0 Å². The summed E-state index contributed by atoms with van der Waals surface area (Å²) in [5.41, 5.74) is 2.53. The number of rotatable bonds is 6. The van der Waals surface area contributed by atoms with E-state index in [4.69, 9.17) is 29.0 Å².